The van der Waals surface area contributed by atoms with Crippen LogP contribution < -0.4 is 5.32 Å². The number of nitrogens with one attached hydrogen (secondary N) is 1. The average Bonchev–Trinajstić information content (AvgIpc) is 2.35. The maximum Gasteiger partial charge on any atom is 0.288 e. The van der Waals surface area contributed by atoms with Gasteiger partial charge in [-0.2, -0.15) is 8.78 Å². The fourth-order valence-electron chi connectivity index (χ4n) is 1.55. The molecule has 0 aromatic heterocycles. The molecule has 0 aliphatic rings. The Kier molecular flexibility index (Phi) is 6.12. The Labute approximate surface area is 110 Å². The topological polar surface area (TPSA) is 29.1 Å². The van der Waals surface area contributed by atoms with E-state index in [2.05, 4.69) is 5.32 Å². The summed E-state index contributed by atoms with van der Waals surface area (Å²) in [5.74, 6) is -2.59. The van der Waals surface area contributed by atoms with Crippen LogP contribution in [0, 0.1) is 0 Å². The second-order valence-corrected chi connectivity index (χ2v) is 4.95. The Morgan fingerprint density at radius 3 is 2.22 bits per heavy atom. The van der Waals surface area contributed by atoms with Crippen LogP contribution >= 0.6 is 11.8 Å². The van der Waals surface area contributed by atoms with Crippen molar-refractivity contribution >= 4 is 17.7 Å². The fourth-order valence-corrected chi connectivity index (χ4v) is 2.05. The summed E-state index contributed by atoms with van der Waals surface area (Å²) in [7, 11) is 0. The Bertz CT molecular complexity index is 377. The van der Waals surface area contributed by atoms with Crippen LogP contribution in [0.3, 0.4) is 0 Å². The summed E-state index contributed by atoms with van der Waals surface area (Å²) in [5.41, 5.74) is 0.500. The first-order valence-corrected chi connectivity index (χ1v) is 6.80. The lowest BCUT2D eigenvalue weighted by Crippen LogP contribution is -2.33. The molecule has 2 nitrogen and oxygen atoms in total. The van der Waals surface area contributed by atoms with Crippen molar-refractivity contribution in [1.82, 2.24) is 5.32 Å². The third kappa shape index (κ3) is 4.64. The molecule has 0 unspecified atom stereocenters. The van der Waals surface area contributed by atoms with Gasteiger partial charge in [0.15, 0.2) is 0 Å². The molecule has 0 fully saturated rings. The molecule has 0 atom stereocenters. The van der Waals surface area contributed by atoms with E-state index >= 15 is 0 Å². The highest BCUT2D eigenvalue weighted by molar-refractivity contribution is 7.99. The molecule has 5 heteroatoms. The van der Waals surface area contributed by atoms with Crippen molar-refractivity contribution in [2.24, 2.45) is 0 Å². The molecule has 1 N–H and O–H groups in total. The first-order chi connectivity index (χ1) is 8.56. The fraction of sp³-hybridized carbons (Fsp3) is 0.462. The van der Waals surface area contributed by atoms with Crippen molar-refractivity contribution in [2.75, 3.05) is 0 Å². The highest BCUT2D eigenvalue weighted by Gasteiger charge is 2.11. The summed E-state index contributed by atoms with van der Waals surface area (Å²) < 4.78 is 24.3. The van der Waals surface area contributed by atoms with Gasteiger partial charge in [-0.1, -0.05) is 25.6 Å². The number of carbonyl (C=O) groups is 1. The van der Waals surface area contributed by atoms with Crippen molar-refractivity contribution in [1.29, 1.82) is 0 Å². The number of halogens is 2. The van der Waals surface area contributed by atoms with Gasteiger partial charge in [0, 0.05) is 16.5 Å². The van der Waals surface area contributed by atoms with Crippen LogP contribution in [0.1, 0.15) is 37.0 Å². The van der Waals surface area contributed by atoms with Gasteiger partial charge in [0.2, 0.25) is 0 Å². The van der Waals surface area contributed by atoms with E-state index < -0.39 is 5.76 Å². The maximum atomic E-state index is 12.1. The highest BCUT2D eigenvalue weighted by atomic mass is 32.2. The molecular formula is C13H17F2NOS. The van der Waals surface area contributed by atoms with Crippen LogP contribution in [0.2, 0.25) is 0 Å². The van der Waals surface area contributed by atoms with E-state index in [1.807, 2.05) is 13.8 Å². The zero-order valence-electron chi connectivity index (χ0n) is 10.5. The molecule has 0 radical (unpaired) electrons. The number of benzene rings is 1. The van der Waals surface area contributed by atoms with Crippen molar-refractivity contribution in [2.45, 2.75) is 43.4 Å². The standard InChI is InChI=1S/C13H17F2NOS/c1-3-10(4-2)16-12(17)9-5-7-11(8-6-9)18-13(14)15/h5-8,10,13H,3-4H2,1-2H3,(H,16,17). The normalized spacial score (nSPS) is 11.0. The second-order valence-electron chi connectivity index (χ2n) is 3.89. The van der Waals surface area contributed by atoms with Gasteiger partial charge in [0.25, 0.3) is 11.7 Å². The number of thioether (sulfide) groups is 1. The first kappa shape index (κ1) is 15.0. The molecule has 0 heterocycles. The monoisotopic (exact) mass is 273 g/mol. The molecule has 0 saturated carbocycles. The smallest absolute Gasteiger partial charge is 0.288 e. The Hall–Kier alpha value is -1.10. The molecule has 0 aliphatic carbocycles. The predicted octanol–water partition coefficient (Wildman–Crippen LogP) is 3.92. The minimum absolute atomic E-state index is 0.155. The van der Waals surface area contributed by atoms with Crippen molar-refractivity contribution in [3.05, 3.63) is 29.8 Å². The lowest BCUT2D eigenvalue weighted by atomic mass is 10.1. The zero-order valence-corrected chi connectivity index (χ0v) is 11.3. The first-order valence-electron chi connectivity index (χ1n) is 5.92. The van der Waals surface area contributed by atoms with E-state index in [1.165, 1.54) is 0 Å². The van der Waals surface area contributed by atoms with E-state index in [0.29, 0.717) is 22.2 Å². The van der Waals surface area contributed by atoms with Gasteiger partial charge in [-0.05, 0) is 37.1 Å². The number of amides is 1. The molecule has 18 heavy (non-hydrogen) atoms. The van der Waals surface area contributed by atoms with Gasteiger partial charge in [-0.25, -0.2) is 0 Å². The van der Waals surface area contributed by atoms with Crippen LogP contribution in [0.25, 0.3) is 0 Å². The molecule has 1 aromatic carbocycles. The molecule has 100 valence electrons. The Morgan fingerprint density at radius 2 is 1.78 bits per heavy atom. The molecular weight excluding hydrogens is 256 g/mol. The SMILES string of the molecule is CCC(CC)NC(=O)c1ccc(SC(F)F)cc1. The molecule has 0 spiro atoms. The zero-order chi connectivity index (χ0) is 13.5. The maximum absolute atomic E-state index is 12.1. The van der Waals surface area contributed by atoms with Gasteiger partial charge in [0.1, 0.15) is 0 Å². The third-order valence-corrected chi connectivity index (χ3v) is 3.38. The molecule has 0 saturated heterocycles. The van der Waals surface area contributed by atoms with Crippen molar-refractivity contribution in [3.63, 3.8) is 0 Å². The molecule has 0 aliphatic heterocycles. The summed E-state index contributed by atoms with van der Waals surface area (Å²) in [4.78, 5) is 12.3. The highest BCUT2D eigenvalue weighted by Crippen LogP contribution is 2.25. The summed E-state index contributed by atoms with van der Waals surface area (Å²) in [6, 6.07) is 6.38. The van der Waals surface area contributed by atoms with Crippen LogP contribution in [-0.2, 0) is 0 Å². The van der Waals surface area contributed by atoms with Crippen LogP contribution in [0.15, 0.2) is 29.2 Å². The number of carbonyl (C=O) groups excluding carboxylic acids is 1. The minimum atomic E-state index is -2.44. The largest absolute Gasteiger partial charge is 0.349 e. The Morgan fingerprint density at radius 1 is 1.22 bits per heavy atom. The van der Waals surface area contributed by atoms with Crippen molar-refractivity contribution in [3.8, 4) is 0 Å². The second kappa shape index (κ2) is 7.36. The van der Waals surface area contributed by atoms with E-state index in [-0.39, 0.29) is 11.9 Å². The molecule has 0 bridgehead atoms. The van der Waals surface area contributed by atoms with E-state index in [9.17, 15) is 13.6 Å². The van der Waals surface area contributed by atoms with Gasteiger partial charge < -0.3 is 5.32 Å². The summed E-state index contributed by atoms with van der Waals surface area (Å²) in [5, 5.41) is 2.90. The predicted molar refractivity (Wildman–Crippen MR) is 70.1 cm³/mol. The molecule has 1 amide bonds. The molecule has 1 aromatic rings. The van der Waals surface area contributed by atoms with Gasteiger partial charge in [-0.3, -0.25) is 4.79 Å². The number of hydrogen-bond acceptors (Lipinski definition) is 2. The minimum Gasteiger partial charge on any atom is -0.349 e. The average molecular weight is 273 g/mol. The summed E-state index contributed by atoms with van der Waals surface area (Å²) in [6.07, 6.45) is 1.75. The lowest BCUT2D eigenvalue weighted by molar-refractivity contribution is 0.0935. The van der Waals surface area contributed by atoms with E-state index in [4.69, 9.17) is 0 Å². The summed E-state index contributed by atoms with van der Waals surface area (Å²) in [6.45, 7) is 4.02. The Balaban J connectivity index is 2.64. The quantitative estimate of drug-likeness (QED) is 0.796. The number of hydrogen-bond donors (Lipinski definition) is 1. The lowest BCUT2D eigenvalue weighted by Gasteiger charge is -2.14. The van der Waals surface area contributed by atoms with Gasteiger partial charge >= 0.3 is 0 Å². The van der Waals surface area contributed by atoms with Crippen LogP contribution in [0.5, 0.6) is 0 Å². The number of rotatable bonds is 6. The van der Waals surface area contributed by atoms with Crippen LogP contribution in [-0.4, -0.2) is 17.7 Å². The summed E-state index contributed by atoms with van der Waals surface area (Å²) >= 11 is 0.477. The van der Waals surface area contributed by atoms with Gasteiger partial charge in [0.05, 0.1) is 0 Å². The number of alkyl halides is 2. The molecule has 1 rings (SSSR count). The van der Waals surface area contributed by atoms with Crippen molar-refractivity contribution < 1.29 is 13.6 Å². The van der Waals surface area contributed by atoms with E-state index in [0.717, 1.165) is 12.8 Å². The van der Waals surface area contributed by atoms with Gasteiger partial charge in [-0.15, -0.1) is 0 Å². The third-order valence-electron chi connectivity index (χ3n) is 2.66. The van der Waals surface area contributed by atoms with E-state index in [1.54, 1.807) is 24.3 Å². The van der Waals surface area contributed by atoms with Crippen LogP contribution in [0.4, 0.5) is 8.78 Å².